The lowest BCUT2D eigenvalue weighted by Crippen LogP contribution is -2.20. The number of unbranched alkanes of at least 4 members (excludes halogenated alkanes) is 1. The molecule has 0 radical (unpaired) electrons. The molecule has 188 valence electrons. The van der Waals surface area contributed by atoms with E-state index in [4.69, 9.17) is 14.5 Å². The summed E-state index contributed by atoms with van der Waals surface area (Å²) in [4.78, 5) is 16.1. The number of nitrogens with one attached hydrogen (secondary N) is 1. The monoisotopic (exact) mass is 485 g/mol. The van der Waals surface area contributed by atoms with Gasteiger partial charge in [0.05, 0.1) is 25.5 Å². The molecule has 0 aliphatic carbocycles. The lowest BCUT2D eigenvalue weighted by molar-refractivity contribution is 0.148. The molecule has 36 heavy (non-hydrogen) atoms. The summed E-state index contributed by atoms with van der Waals surface area (Å²) in [5, 5.41) is 3.38. The highest BCUT2D eigenvalue weighted by Crippen LogP contribution is 2.24. The van der Waals surface area contributed by atoms with Gasteiger partial charge in [-0.3, -0.25) is 0 Å². The molecule has 2 aromatic heterocycles. The predicted molar refractivity (Wildman–Crippen MR) is 143 cm³/mol. The summed E-state index contributed by atoms with van der Waals surface area (Å²) in [5.74, 6) is 1.15. The number of fused-ring (bicyclic) bond motifs is 7. The fraction of sp³-hybridized carbons (Fsp3) is 0.414. The fourth-order valence-corrected chi connectivity index (χ4v) is 4.75. The van der Waals surface area contributed by atoms with Crippen LogP contribution in [0.4, 0.5) is 11.6 Å². The molecule has 1 saturated heterocycles. The average molecular weight is 486 g/mol. The van der Waals surface area contributed by atoms with E-state index in [1.165, 1.54) is 56.4 Å². The van der Waals surface area contributed by atoms with Crippen LogP contribution in [0.2, 0.25) is 0 Å². The summed E-state index contributed by atoms with van der Waals surface area (Å²) in [7, 11) is 0. The van der Waals surface area contributed by atoms with Gasteiger partial charge in [-0.2, -0.15) is 0 Å². The number of pyridine rings is 1. The molecule has 0 spiro atoms. The van der Waals surface area contributed by atoms with Crippen molar-refractivity contribution in [2.24, 2.45) is 0 Å². The maximum Gasteiger partial charge on any atom is 0.227 e. The van der Waals surface area contributed by atoms with Crippen LogP contribution in [0.1, 0.15) is 43.2 Å². The van der Waals surface area contributed by atoms with Gasteiger partial charge < -0.3 is 19.7 Å². The van der Waals surface area contributed by atoms with E-state index in [1.807, 2.05) is 18.2 Å². The Morgan fingerprint density at radius 3 is 2.81 bits per heavy atom. The second-order valence-corrected chi connectivity index (χ2v) is 9.39. The van der Waals surface area contributed by atoms with E-state index in [2.05, 4.69) is 50.5 Å². The third-order valence-corrected chi connectivity index (χ3v) is 6.69. The highest BCUT2D eigenvalue weighted by atomic mass is 16.5. The topological polar surface area (TPSA) is 72.4 Å². The first kappa shape index (κ1) is 24.4. The van der Waals surface area contributed by atoms with Crippen molar-refractivity contribution in [1.82, 2.24) is 19.9 Å². The van der Waals surface area contributed by atoms with Gasteiger partial charge in [0.1, 0.15) is 0 Å². The minimum Gasteiger partial charge on any atom is -0.477 e. The number of hydrogen-bond donors (Lipinski definition) is 1. The van der Waals surface area contributed by atoms with Crippen LogP contribution >= 0.6 is 0 Å². The number of hydrogen-bond acceptors (Lipinski definition) is 7. The second kappa shape index (κ2) is 12.6. The largest absolute Gasteiger partial charge is 0.477 e. The lowest BCUT2D eigenvalue weighted by Gasteiger charge is -2.16. The highest BCUT2D eigenvalue weighted by Gasteiger charge is 2.12. The molecular formula is C29H35N5O2. The Kier molecular flexibility index (Phi) is 8.55. The Labute approximate surface area is 213 Å². The number of benzene rings is 1. The van der Waals surface area contributed by atoms with Gasteiger partial charge in [0.15, 0.2) is 0 Å². The standard InChI is InChI=1S/C29H35N5O2/c1-6-18-35-22-25-20-26(10-9-23(25)8-2-3-15-34-16-4-5-17-34)32-29-31-14-12-27(33-29)24-11-13-30-28(21-24)36-19-7-1/h1,6,9-14,20-21H,2-5,7-8,15-19,22H2,(H,31,32,33). The second-order valence-electron chi connectivity index (χ2n) is 9.39. The van der Waals surface area contributed by atoms with Gasteiger partial charge in [0.2, 0.25) is 11.8 Å². The van der Waals surface area contributed by atoms with Crippen LogP contribution in [0.5, 0.6) is 5.88 Å². The predicted octanol–water partition coefficient (Wildman–Crippen LogP) is 5.56. The molecule has 1 fully saturated rings. The fourth-order valence-electron chi connectivity index (χ4n) is 4.75. The summed E-state index contributed by atoms with van der Waals surface area (Å²) in [6.07, 6.45) is 14.7. The van der Waals surface area contributed by atoms with Gasteiger partial charge in [-0.05, 0) is 93.6 Å². The first-order valence-corrected chi connectivity index (χ1v) is 13.1. The molecule has 1 N–H and O–H groups in total. The Bertz CT molecular complexity index is 1160. The van der Waals surface area contributed by atoms with E-state index >= 15 is 0 Å². The molecule has 5 rings (SSSR count). The van der Waals surface area contributed by atoms with Gasteiger partial charge in [-0.1, -0.05) is 18.2 Å². The van der Waals surface area contributed by atoms with Crippen molar-refractivity contribution < 1.29 is 9.47 Å². The van der Waals surface area contributed by atoms with Crippen molar-refractivity contribution in [3.05, 3.63) is 72.1 Å². The van der Waals surface area contributed by atoms with Crippen molar-refractivity contribution in [2.75, 3.05) is 38.2 Å². The first-order valence-electron chi connectivity index (χ1n) is 13.1. The zero-order valence-corrected chi connectivity index (χ0v) is 20.9. The summed E-state index contributed by atoms with van der Waals surface area (Å²) in [6.45, 7) is 5.47. The normalized spacial score (nSPS) is 16.6. The van der Waals surface area contributed by atoms with Gasteiger partial charge in [-0.15, -0.1) is 0 Å². The number of likely N-dealkylation sites (tertiary alicyclic amines) is 1. The summed E-state index contributed by atoms with van der Waals surface area (Å²) in [6, 6.07) is 12.3. The highest BCUT2D eigenvalue weighted by molar-refractivity contribution is 5.63. The maximum absolute atomic E-state index is 6.02. The van der Waals surface area contributed by atoms with Crippen LogP contribution in [0.15, 0.2) is 60.9 Å². The molecule has 0 unspecified atom stereocenters. The van der Waals surface area contributed by atoms with Crippen LogP contribution in [0, 0.1) is 0 Å². The minimum absolute atomic E-state index is 0.557. The van der Waals surface area contributed by atoms with Gasteiger partial charge in [-0.25, -0.2) is 15.0 Å². The van der Waals surface area contributed by atoms with E-state index in [0.717, 1.165) is 29.8 Å². The summed E-state index contributed by atoms with van der Waals surface area (Å²) >= 11 is 0. The third kappa shape index (κ3) is 6.89. The molecule has 7 heteroatoms. The molecule has 0 atom stereocenters. The summed E-state index contributed by atoms with van der Waals surface area (Å²) < 4.78 is 11.8. The number of aryl methyl sites for hydroxylation is 1. The van der Waals surface area contributed by atoms with Crippen LogP contribution in [-0.2, 0) is 17.8 Å². The van der Waals surface area contributed by atoms with Crippen molar-refractivity contribution in [2.45, 2.75) is 45.1 Å². The molecule has 6 bridgehead atoms. The number of rotatable bonds is 5. The van der Waals surface area contributed by atoms with Gasteiger partial charge in [0.25, 0.3) is 0 Å². The lowest BCUT2D eigenvalue weighted by atomic mass is 10.0. The molecule has 0 saturated carbocycles. The van der Waals surface area contributed by atoms with Gasteiger partial charge >= 0.3 is 0 Å². The van der Waals surface area contributed by atoms with Crippen LogP contribution < -0.4 is 10.1 Å². The van der Waals surface area contributed by atoms with Crippen LogP contribution in [-0.4, -0.2) is 52.7 Å². The Morgan fingerprint density at radius 2 is 1.86 bits per heavy atom. The molecule has 3 aromatic rings. The SMILES string of the molecule is C1=CCOCc2cc(ccc2CCCCN2CCCC2)Nc2nccc(n2)-c2ccnc(c2)OCC1. The smallest absolute Gasteiger partial charge is 0.227 e. The van der Waals surface area contributed by atoms with E-state index in [-0.39, 0.29) is 0 Å². The Hall–Kier alpha value is -3.29. The molecule has 2 aliphatic heterocycles. The molecule has 1 aromatic carbocycles. The minimum atomic E-state index is 0.557. The molecule has 2 aliphatic rings. The quantitative estimate of drug-likeness (QED) is 0.375. The average Bonchev–Trinajstić information content (AvgIpc) is 3.43. The zero-order chi connectivity index (χ0) is 24.4. The molecule has 0 amide bonds. The van der Waals surface area contributed by atoms with Crippen molar-refractivity contribution in [3.63, 3.8) is 0 Å². The Morgan fingerprint density at radius 1 is 0.944 bits per heavy atom. The summed E-state index contributed by atoms with van der Waals surface area (Å²) in [5.41, 5.74) is 5.29. The maximum atomic E-state index is 6.02. The van der Waals surface area contributed by atoms with E-state index in [0.29, 0.717) is 31.6 Å². The van der Waals surface area contributed by atoms with Crippen LogP contribution in [0.25, 0.3) is 11.3 Å². The van der Waals surface area contributed by atoms with Crippen LogP contribution in [0.3, 0.4) is 0 Å². The molecule has 7 nitrogen and oxygen atoms in total. The zero-order valence-electron chi connectivity index (χ0n) is 20.9. The van der Waals surface area contributed by atoms with E-state index in [9.17, 15) is 0 Å². The van der Waals surface area contributed by atoms with Crippen molar-refractivity contribution >= 4 is 11.6 Å². The molecular weight excluding hydrogens is 450 g/mol. The Balaban J connectivity index is 1.33. The molecule has 4 heterocycles. The van der Waals surface area contributed by atoms with E-state index in [1.54, 1.807) is 12.4 Å². The van der Waals surface area contributed by atoms with Crippen molar-refractivity contribution in [3.8, 4) is 17.1 Å². The third-order valence-electron chi connectivity index (χ3n) is 6.69. The van der Waals surface area contributed by atoms with Gasteiger partial charge in [0, 0.05) is 29.7 Å². The number of ether oxygens (including phenoxy) is 2. The van der Waals surface area contributed by atoms with Crippen molar-refractivity contribution in [1.29, 1.82) is 0 Å². The first-order chi connectivity index (χ1) is 17.8. The van der Waals surface area contributed by atoms with E-state index < -0.39 is 0 Å². The number of anilines is 2. The number of nitrogens with zero attached hydrogens (tertiary/aromatic N) is 4. The number of aromatic nitrogens is 3.